The van der Waals surface area contributed by atoms with Crippen LogP contribution in [0.4, 0.5) is 0 Å². The summed E-state index contributed by atoms with van der Waals surface area (Å²) in [5.74, 6) is 0. The van der Waals surface area contributed by atoms with Gasteiger partial charge in [0.05, 0.1) is 71.7 Å². The van der Waals surface area contributed by atoms with E-state index in [4.69, 9.17) is 28.4 Å². The van der Waals surface area contributed by atoms with Crippen LogP contribution in [0.25, 0.3) is 0 Å². The van der Waals surface area contributed by atoms with E-state index in [1.807, 2.05) is 0 Å². The lowest BCUT2D eigenvalue weighted by molar-refractivity contribution is -0.107. The van der Waals surface area contributed by atoms with Gasteiger partial charge in [0.15, 0.2) is 0 Å². The van der Waals surface area contributed by atoms with Crippen molar-refractivity contribution in [1.29, 1.82) is 0 Å². The van der Waals surface area contributed by atoms with Gasteiger partial charge < -0.3 is 28.4 Å². The topological polar surface area (TPSA) is 55.4 Å². The van der Waals surface area contributed by atoms with Gasteiger partial charge in [-0.1, -0.05) is 27.7 Å². The summed E-state index contributed by atoms with van der Waals surface area (Å²) in [5, 5.41) is 0. The van der Waals surface area contributed by atoms with Crippen LogP contribution in [0.15, 0.2) is 0 Å². The van der Waals surface area contributed by atoms with Crippen molar-refractivity contribution in [3.63, 3.8) is 0 Å². The van der Waals surface area contributed by atoms with E-state index in [2.05, 4.69) is 41.5 Å². The fourth-order valence-electron chi connectivity index (χ4n) is 1.70. The quantitative estimate of drug-likeness (QED) is 0.341. The van der Waals surface area contributed by atoms with E-state index in [9.17, 15) is 0 Å². The normalized spacial score (nSPS) is 12.7. The Morgan fingerprint density at radius 1 is 0.462 bits per heavy atom. The molecule has 26 heavy (non-hydrogen) atoms. The predicted molar refractivity (Wildman–Crippen MR) is 104 cm³/mol. The molecule has 0 atom stereocenters. The zero-order valence-corrected chi connectivity index (χ0v) is 17.9. The van der Waals surface area contributed by atoms with E-state index in [0.717, 1.165) is 13.0 Å². The summed E-state index contributed by atoms with van der Waals surface area (Å²) in [7, 11) is 0. The van der Waals surface area contributed by atoms with Crippen LogP contribution in [0.1, 0.15) is 48.0 Å². The molecule has 6 heteroatoms. The maximum Gasteiger partial charge on any atom is 0.0708 e. The summed E-state index contributed by atoms with van der Waals surface area (Å²) in [6.07, 6.45) is 1.04. The number of rotatable bonds is 18. The predicted octanol–water partition coefficient (Wildman–Crippen LogP) is 3.32. The van der Waals surface area contributed by atoms with Gasteiger partial charge in [0, 0.05) is 6.61 Å². The molecule has 6 nitrogen and oxygen atoms in total. The Morgan fingerprint density at radius 2 is 0.769 bits per heavy atom. The molecule has 158 valence electrons. The fraction of sp³-hybridized carbons (Fsp3) is 1.00. The first-order valence-electron chi connectivity index (χ1n) is 9.84. The fourth-order valence-corrected chi connectivity index (χ4v) is 1.70. The molecule has 0 unspecified atom stereocenters. The molecule has 0 N–H and O–H groups in total. The lowest BCUT2D eigenvalue weighted by Crippen LogP contribution is -2.40. The largest absolute Gasteiger partial charge is 0.379 e. The van der Waals surface area contributed by atoms with E-state index in [1.165, 1.54) is 0 Å². The van der Waals surface area contributed by atoms with Gasteiger partial charge >= 0.3 is 0 Å². The Kier molecular flexibility index (Phi) is 15.6. The third kappa shape index (κ3) is 14.9. The summed E-state index contributed by atoms with van der Waals surface area (Å²) in [5.41, 5.74) is -0.0690. The molecule has 0 heterocycles. The van der Waals surface area contributed by atoms with Gasteiger partial charge in [0.1, 0.15) is 0 Å². The van der Waals surface area contributed by atoms with Gasteiger partial charge in [-0.2, -0.15) is 0 Å². The van der Waals surface area contributed by atoms with E-state index in [0.29, 0.717) is 66.1 Å². The molecular formula is C20H42O6. The van der Waals surface area contributed by atoms with E-state index >= 15 is 0 Å². The molecule has 0 spiro atoms. The van der Waals surface area contributed by atoms with Gasteiger partial charge in [-0.15, -0.1) is 0 Å². The summed E-state index contributed by atoms with van der Waals surface area (Å²) in [6.45, 7) is 19.5. The van der Waals surface area contributed by atoms with Gasteiger partial charge in [0.2, 0.25) is 0 Å². The highest BCUT2D eigenvalue weighted by Crippen LogP contribution is 2.32. The Hall–Kier alpha value is -0.240. The molecule has 0 radical (unpaired) electrons. The smallest absolute Gasteiger partial charge is 0.0708 e. The molecule has 0 aromatic heterocycles. The SMILES string of the molecule is CCCOCCOCCOCCOCCOCCOC(C)(C)C(C)(C)C. The number of hydrogen-bond acceptors (Lipinski definition) is 6. The Labute approximate surface area is 160 Å². The van der Waals surface area contributed by atoms with Crippen molar-refractivity contribution in [2.45, 2.75) is 53.6 Å². The van der Waals surface area contributed by atoms with Crippen molar-refractivity contribution in [3.8, 4) is 0 Å². The second-order valence-corrected chi connectivity index (χ2v) is 7.67. The zero-order valence-electron chi connectivity index (χ0n) is 17.9. The monoisotopic (exact) mass is 378 g/mol. The Bertz CT molecular complexity index is 301. The summed E-state index contributed by atoms with van der Waals surface area (Å²) < 4.78 is 33.0. The molecule has 0 saturated carbocycles. The van der Waals surface area contributed by atoms with Gasteiger partial charge in [-0.25, -0.2) is 0 Å². The van der Waals surface area contributed by atoms with Gasteiger partial charge in [0.25, 0.3) is 0 Å². The minimum Gasteiger partial charge on any atom is -0.379 e. The first kappa shape index (κ1) is 25.8. The Morgan fingerprint density at radius 3 is 1.08 bits per heavy atom. The van der Waals surface area contributed by atoms with Crippen molar-refractivity contribution >= 4 is 0 Å². The lowest BCUT2D eigenvalue weighted by Gasteiger charge is -2.38. The van der Waals surface area contributed by atoms with Crippen molar-refractivity contribution in [3.05, 3.63) is 0 Å². The molecule has 0 aliphatic heterocycles. The van der Waals surface area contributed by atoms with Crippen molar-refractivity contribution in [2.75, 3.05) is 72.7 Å². The molecule has 0 aromatic rings. The summed E-state index contributed by atoms with van der Waals surface area (Å²) in [4.78, 5) is 0. The molecule has 0 bridgehead atoms. The average Bonchev–Trinajstić information content (AvgIpc) is 2.56. The molecule has 0 amide bonds. The van der Waals surface area contributed by atoms with Crippen LogP contribution in [0.5, 0.6) is 0 Å². The number of ether oxygens (including phenoxy) is 6. The van der Waals surface area contributed by atoms with E-state index in [-0.39, 0.29) is 11.0 Å². The second kappa shape index (κ2) is 15.8. The first-order valence-corrected chi connectivity index (χ1v) is 9.84. The minimum atomic E-state index is -0.170. The first-order chi connectivity index (χ1) is 12.3. The van der Waals surface area contributed by atoms with Crippen LogP contribution in [0.2, 0.25) is 0 Å². The average molecular weight is 379 g/mol. The van der Waals surface area contributed by atoms with E-state index in [1.54, 1.807) is 0 Å². The van der Waals surface area contributed by atoms with Gasteiger partial charge in [-0.3, -0.25) is 0 Å². The standard InChI is InChI=1S/C20H42O6/c1-7-8-21-9-10-22-11-12-23-13-14-24-15-16-25-17-18-26-20(5,6)19(2,3)4/h7-18H2,1-6H3. The maximum absolute atomic E-state index is 5.91. The van der Waals surface area contributed by atoms with Crippen LogP contribution in [-0.2, 0) is 28.4 Å². The molecule has 0 rings (SSSR count). The van der Waals surface area contributed by atoms with Crippen LogP contribution in [-0.4, -0.2) is 78.3 Å². The summed E-state index contributed by atoms with van der Waals surface area (Å²) in [6, 6.07) is 0. The zero-order chi connectivity index (χ0) is 19.7. The third-order valence-electron chi connectivity index (χ3n) is 4.33. The molecular weight excluding hydrogens is 336 g/mol. The van der Waals surface area contributed by atoms with Crippen molar-refractivity contribution in [1.82, 2.24) is 0 Å². The Balaban J connectivity index is 3.21. The molecule has 0 aliphatic carbocycles. The van der Waals surface area contributed by atoms with Crippen LogP contribution < -0.4 is 0 Å². The summed E-state index contributed by atoms with van der Waals surface area (Å²) >= 11 is 0. The highest BCUT2D eigenvalue weighted by molar-refractivity contribution is 4.83. The highest BCUT2D eigenvalue weighted by atomic mass is 16.6. The third-order valence-corrected chi connectivity index (χ3v) is 4.33. The van der Waals surface area contributed by atoms with Gasteiger partial charge in [-0.05, 0) is 25.7 Å². The highest BCUT2D eigenvalue weighted by Gasteiger charge is 2.33. The lowest BCUT2D eigenvalue weighted by atomic mass is 9.79. The van der Waals surface area contributed by atoms with Crippen LogP contribution >= 0.6 is 0 Å². The molecule has 0 aliphatic rings. The van der Waals surface area contributed by atoms with E-state index < -0.39 is 0 Å². The van der Waals surface area contributed by atoms with Crippen molar-refractivity contribution in [2.24, 2.45) is 5.41 Å². The minimum absolute atomic E-state index is 0.101. The number of hydrogen-bond donors (Lipinski definition) is 0. The molecule has 0 saturated heterocycles. The molecule has 0 fully saturated rings. The maximum atomic E-state index is 5.91. The molecule has 0 aromatic carbocycles. The van der Waals surface area contributed by atoms with Crippen LogP contribution in [0, 0.1) is 5.41 Å². The second-order valence-electron chi connectivity index (χ2n) is 7.67. The van der Waals surface area contributed by atoms with Crippen LogP contribution in [0.3, 0.4) is 0 Å². The van der Waals surface area contributed by atoms with Crippen molar-refractivity contribution < 1.29 is 28.4 Å².